The van der Waals surface area contributed by atoms with Crippen LogP contribution in [0.15, 0.2) is 4.99 Å². The predicted octanol–water partition coefficient (Wildman–Crippen LogP) is -3.22. The van der Waals surface area contributed by atoms with Gasteiger partial charge in [0.2, 0.25) is 18.1 Å². The molecule has 2 amide bonds. The van der Waals surface area contributed by atoms with E-state index in [1.807, 2.05) is 0 Å². The summed E-state index contributed by atoms with van der Waals surface area (Å²) in [4.78, 5) is 243. The van der Waals surface area contributed by atoms with Crippen molar-refractivity contribution in [2.24, 2.45) is 4.99 Å². The maximum Gasteiger partial charge on any atom is 0.303 e. The van der Waals surface area contributed by atoms with E-state index in [2.05, 4.69) is 15.6 Å². The maximum atomic E-state index is 14.3. The Morgan fingerprint density at radius 3 is 0.829 bits per heavy atom. The summed E-state index contributed by atoms with van der Waals surface area (Å²) in [5.41, 5.74) is 0. The molecule has 0 saturated carbocycles. The van der Waals surface area contributed by atoms with Crippen molar-refractivity contribution in [3.8, 4) is 0 Å². The molecule has 0 aromatic carbocycles. The summed E-state index contributed by atoms with van der Waals surface area (Å²) < 4.78 is 170. The number of carbonyl (C=O) groups is 18. The number of carbonyl (C=O) groups excluding carboxylic acids is 18. The Kier molecular flexibility index (Phi) is 36.6. The van der Waals surface area contributed by atoms with E-state index in [0.29, 0.717) is 0 Å². The number of hydrogen-bond acceptors (Lipinski definition) is 47. The predicted molar refractivity (Wildman–Crippen MR) is 385 cm³/mol. The Bertz CT molecular complexity index is 3890. The number of nitrogens with one attached hydrogen (secondary N) is 2. The van der Waals surface area contributed by atoms with Gasteiger partial charge in [0, 0.05) is 132 Å². The molecule has 7 rings (SSSR count). The van der Waals surface area contributed by atoms with Crippen LogP contribution in [-0.2, 0) is 219 Å². The van der Waals surface area contributed by atoms with Gasteiger partial charge in [-0.2, -0.15) is 0 Å². The standard InChI is InChI=1S/C74H101N3O46/c1-26(78)75-51-60(108-39(14)90)54(103-34(9)85)45(20-96-29(4)80)115-70(51)122-66-63(111-42(17)93)57(105-36(11)87)48(23-99-32(7)83)117-72(66)101-25-50-59(107-38(13)89)65(67(113-44(19)95)73(119-50)120-56-47(22-98-31(6)82)114-69-53(77-28(3)102-69)62(56)110-41(16)92)121-74-68(64(112-43(18)94)58(106-37(12)88)49(118-74)24-100-33(8)84)123-71-52(76-27(2)79)61(109-40(15)91)55(104-35(10)86)46(116-71)21-97-30(5)81/h45-74H,20-25H2,1-19H3,(H,75,78)(H,76,79)/t45-,46-,47-,48-,49-,50-,51-,52-,53-,54-,55-,56-,57-,58-,59-,60-,61-,62-,63+,64+,65+,66+,67+,68+,69+,70+,71+,72+,73+,74-/m1/s1. The van der Waals surface area contributed by atoms with E-state index in [-0.39, 0.29) is 5.90 Å². The molecule has 0 radical (unpaired) electrons. The van der Waals surface area contributed by atoms with Gasteiger partial charge in [-0.25, -0.2) is 4.99 Å². The monoisotopic (exact) mass is 1770 g/mol. The van der Waals surface area contributed by atoms with Gasteiger partial charge < -0.3 is 143 Å². The van der Waals surface area contributed by atoms with Gasteiger partial charge in [-0.05, 0) is 0 Å². The van der Waals surface area contributed by atoms with E-state index >= 15 is 0 Å². The third-order valence-electron chi connectivity index (χ3n) is 18.2. The first-order valence-electron chi connectivity index (χ1n) is 38.2. The summed E-state index contributed by atoms with van der Waals surface area (Å²) in [6, 6.07) is -5.21. The highest BCUT2D eigenvalue weighted by Crippen LogP contribution is 2.43. The van der Waals surface area contributed by atoms with Gasteiger partial charge in [-0.15, -0.1) is 0 Å². The average molecular weight is 1770 g/mol. The second-order valence-electron chi connectivity index (χ2n) is 28.5. The topological polar surface area (TPSA) is 602 Å². The van der Waals surface area contributed by atoms with Crippen LogP contribution in [0.5, 0.6) is 0 Å². The second kappa shape index (κ2) is 45.2. The Hall–Kier alpha value is -10.5. The van der Waals surface area contributed by atoms with E-state index in [1.165, 1.54) is 6.92 Å². The number of ether oxygens (including phenoxy) is 28. The highest BCUT2D eigenvalue weighted by molar-refractivity contribution is 5.77. The van der Waals surface area contributed by atoms with Crippen LogP contribution in [0.3, 0.4) is 0 Å². The van der Waals surface area contributed by atoms with Crippen LogP contribution in [0.2, 0.25) is 0 Å². The summed E-state index contributed by atoms with van der Waals surface area (Å²) in [6.07, 6.45) is -55.8. The molecule has 30 atom stereocenters. The van der Waals surface area contributed by atoms with Crippen molar-refractivity contribution in [3.63, 3.8) is 0 Å². The second-order valence-corrected chi connectivity index (χ2v) is 28.5. The summed E-state index contributed by atoms with van der Waals surface area (Å²) >= 11 is 0. The van der Waals surface area contributed by atoms with Crippen LogP contribution in [0.1, 0.15) is 132 Å². The normalized spacial score (nSPS) is 33.7. The molecular formula is C74H101N3O46. The Morgan fingerprint density at radius 2 is 0.496 bits per heavy atom. The van der Waals surface area contributed by atoms with Crippen LogP contribution in [0.4, 0.5) is 0 Å². The van der Waals surface area contributed by atoms with Crippen LogP contribution in [0.25, 0.3) is 0 Å². The summed E-state index contributed by atoms with van der Waals surface area (Å²) in [5, 5.41) is 5.00. The molecule has 2 N–H and O–H groups in total. The van der Waals surface area contributed by atoms with Crippen LogP contribution in [-0.4, -0.2) is 337 Å². The lowest BCUT2D eigenvalue weighted by molar-refractivity contribution is -0.393. The summed E-state index contributed by atoms with van der Waals surface area (Å²) in [7, 11) is 0. The molecule has 0 unspecified atom stereocenters. The van der Waals surface area contributed by atoms with Gasteiger partial charge in [0.05, 0.1) is 6.61 Å². The molecule has 688 valence electrons. The molecule has 0 aromatic rings. The largest absolute Gasteiger partial charge is 0.463 e. The lowest BCUT2D eigenvalue weighted by atomic mass is 9.94. The molecule has 6 saturated heterocycles. The van der Waals surface area contributed by atoms with E-state index in [1.54, 1.807) is 0 Å². The van der Waals surface area contributed by atoms with E-state index in [0.717, 1.165) is 125 Å². The molecule has 49 heteroatoms. The first-order chi connectivity index (χ1) is 57.7. The highest BCUT2D eigenvalue weighted by Gasteiger charge is 2.64. The highest BCUT2D eigenvalue weighted by atomic mass is 16.8. The number of rotatable bonds is 34. The van der Waals surface area contributed by atoms with Gasteiger partial charge in [-0.1, -0.05) is 0 Å². The Balaban J connectivity index is 1.56. The van der Waals surface area contributed by atoms with Gasteiger partial charge >= 0.3 is 95.5 Å². The lowest BCUT2D eigenvalue weighted by Crippen LogP contribution is -2.71. The van der Waals surface area contributed by atoms with Crippen molar-refractivity contribution >= 4 is 113 Å². The molecule has 0 bridgehead atoms. The van der Waals surface area contributed by atoms with Crippen molar-refractivity contribution in [3.05, 3.63) is 0 Å². The van der Waals surface area contributed by atoms with Crippen LogP contribution >= 0.6 is 0 Å². The number of nitrogens with zero attached hydrogens (tertiary/aromatic N) is 1. The zero-order valence-corrected chi connectivity index (χ0v) is 70.3. The van der Waals surface area contributed by atoms with E-state index < -0.39 is 331 Å². The zero-order chi connectivity index (χ0) is 91.5. The smallest absolute Gasteiger partial charge is 0.303 e. The van der Waals surface area contributed by atoms with Crippen LogP contribution < -0.4 is 10.6 Å². The quantitative estimate of drug-likeness (QED) is 0.0473. The van der Waals surface area contributed by atoms with Crippen molar-refractivity contribution < 1.29 is 219 Å². The minimum Gasteiger partial charge on any atom is -0.463 e. The molecule has 7 aliphatic heterocycles. The number of esters is 16. The van der Waals surface area contributed by atoms with Crippen molar-refractivity contribution in [1.82, 2.24) is 10.6 Å². The fraction of sp³-hybridized carbons (Fsp3) is 0.743. The van der Waals surface area contributed by atoms with Gasteiger partial charge in [0.1, 0.15) is 93.9 Å². The molecule has 0 aliphatic carbocycles. The van der Waals surface area contributed by atoms with Gasteiger partial charge in [0.25, 0.3) is 0 Å². The fourth-order valence-electron chi connectivity index (χ4n) is 14.2. The van der Waals surface area contributed by atoms with E-state index in [4.69, 9.17) is 133 Å². The Morgan fingerprint density at radius 1 is 0.252 bits per heavy atom. The van der Waals surface area contributed by atoms with Crippen molar-refractivity contribution in [2.75, 3.05) is 39.6 Å². The molecule has 0 aromatic heterocycles. The first-order valence-corrected chi connectivity index (χ1v) is 38.2. The molecule has 7 heterocycles. The van der Waals surface area contributed by atoms with Gasteiger partial charge in [0.15, 0.2) is 123 Å². The Labute approximate surface area is 700 Å². The molecule has 123 heavy (non-hydrogen) atoms. The SMILES string of the molecule is CC(=O)N[C@H]1[C@H](O[C@@H]2[C@@H](OC[C@H]3O[C@@H](O[C@H]4[C@H](OC(C)=O)[C@H]5N=C(C)O[C@H]5O[C@@H]4COC(C)=O)[C@@H](OC(C)=O)[C@@H](O[C@H]4O[C@H](COC(C)=O)[C@@H](OC(C)=O)[C@H](OC(C)=O)[C@@H]4O[C@@H]4O[C@H](COC(C)=O)[C@@H](OC(C)=O)[C@H](OC(C)=O)[C@H]4NC(C)=O)[C@@H]3OC(C)=O)O[C@H](COC(C)=O)[C@@H](OC(C)=O)[C@@H]2OC(C)=O)O[C@H](COC(C)=O)[C@@H](OC(C)=O)[C@@H]1OC(C)=O. The van der Waals surface area contributed by atoms with E-state index in [9.17, 15) is 86.3 Å². The third-order valence-corrected chi connectivity index (χ3v) is 18.2. The lowest BCUT2D eigenvalue weighted by Gasteiger charge is -2.52. The van der Waals surface area contributed by atoms with Gasteiger partial charge in [-0.3, -0.25) is 86.3 Å². The maximum absolute atomic E-state index is 14.3. The fourth-order valence-corrected chi connectivity index (χ4v) is 14.2. The molecular weight excluding hydrogens is 1670 g/mol. The zero-order valence-electron chi connectivity index (χ0n) is 70.3. The summed E-state index contributed by atoms with van der Waals surface area (Å²) in [5.74, 6) is -19.4. The number of hydrogen-bond donors (Lipinski definition) is 2. The minimum absolute atomic E-state index is 0.0433. The van der Waals surface area contributed by atoms with Crippen LogP contribution in [0, 0.1) is 0 Å². The molecule has 49 nitrogen and oxygen atoms in total. The third kappa shape index (κ3) is 28.8. The number of amides is 2. The number of fused-ring (bicyclic) bond motifs is 1. The average Bonchev–Trinajstić information content (AvgIpc) is 1.53. The summed E-state index contributed by atoms with van der Waals surface area (Å²) in [6.45, 7) is 12.4. The molecule has 6 fully saturated rings. The first kappa shape index (κ1) is 99.6. The molecule has 7 aliphatic rings. The number of aliphatic imine (C=N–C) groups is 1. The van der Waals surface area contributed by atoms with Crippen molar-refractivity contribution in [1.29, 1.82) is 0 Å². The molecule has 0 spiro atoms. The van der Waals surface area contributed by atoms with Crippen molar-refractivity contribution in [2.45, 2.75) is 316 Å². The minimum atomic E-state index is -2.54.